The lowest BCUT2D eigenvalue weighted by Gasteiger charge is -2.20. The quantitative estimate of drug-likeness (QED) is 0.666. The minimum absolute atomic E-state index is 0.0564. The molecular formula is C18H23ClN3O5S. The van der Waals surface area contributed by atoms with Gasteiger partial charge in [-0.05, 0) is 43.5 Å². The number of benzene rings is 1. The predicted molar refractivity (Wildman–Crippen MR) is 104 cm³/mol. The molecule has 10 heteroatoms. The van der Waals surface area contributed by atoms with E-state index in [-0.39, 0.29) is 30.2 Å². The number of carbonyl (C=O) groups excluding carboxylic acids is 3. The van der Waals surface area contributed by atoms with Gasteiger partial charge in [-0.25, -0.2) is 8.42 Å². The molecule has 8 nitrogen and oxygen atoms in total. The Labute approximate surface area is 169 Å². The number of hydrogen-bond donors (Lipinski definition) is 2. The highest BCUT2D eigenvalue weighted by molar-refractivity contribution is 7.89. The lowest BCUT2D eigenvalue weighted by Crippen LogP contribution is -2.44. The molecule has 3 N–H and O–H groups in total. The molecule has 1 fully saturated rings. The first-order valence-electron chi connectivity index (χ1n) is 8.82. The molecule has 153 valence electrons. The average Bonchev–Trinajstić information content (AvgIpc) is 2.82. The lowest BCUT2D eigenvalue weighted by molar-refractivity contribution is -0.126. The molecule has 1 heterocycles. The molecule has 0 spiro atoms. The van der Waals surface area contributed by atoms with Crippen LogP contribution >= 0.6 is 11.6 Å². The van der Waals surface area contributed by atoms with E-state index in [1.165, 1.54) is 30.7 Å². The van der Waals surface area contributed by atoms with Crippen molar-refractivity contribution < 1.29 is 22.8 Å². The van der Waals surface area contributed by atoms with Crippen molar-refractivity contribution in [2.24, 2.45) is 11.7 Å². The van der Waals surface area contributed by atoms with Crippen LogP contribution in [0.4, 0.5) is 0 Å². The van der Waals surface area contributed by atoms with Crippen LogP contribution in [0, 0.1) is 12.3 Å². The maximum Gasteiger partial charge on any atom is 0.243 e. The zero-order chi connectivity index (χ0) is 20.9. The van der Waals surface area contributed by atoms with Crippen molar-refractivity contribution in [1.82, 2.24) is 9.62 Å². The summed E-state index contributed by atoms with van der Waals surface area (Å²) < 4.78 is 26.6. The third-order valence-electron chi connectivity index (χ3n) is 4.53. The monoisotopic (exact) mass is 428 g/mol. The summed E-state index contributed by atoms with van der Waals surface area (Å²) in [6.45, 7) is 1.45. The number of amides is 2. The lowest BCUT2D eigenvalue weighted by atomic mass is 10.0. The molecule has 1 saturated heterocycles. The summed E-state index contributed by atoms with van der Waals surface area (Å²) in [4.78, 5) is 35.6. The van der Waals surface area contributed by atoms with E-state index in [4.69, 9.17) is 17.3 Å². The van der Waals surface area contributed by atoms with Crippen LogP contribution in [-0.2, 0) is 24.4 Å². The molecule has 1 radical (unpaired) electrons. The number of sulfonamides is 1. The second kappa shape index (κ2) is 9.49. The minimum Gasteiger partial charge on any atom is -0.369 e. The summed E-state index contributed by atoms with van der Waals surface area (Å²) in [7, 11) is -3.84. The van der Waals surface area contributed by atoms with Crippen molar-refractivity contribution in [3.63, 3.8) is 0 Å². The van der Waals surface area contributed by atoms with Crippen LogP contribution in [0.1, 0.15) is 26.2 Å². The number of rotatable bonds is 7. The topological polar surface area (TPSA) is 127 Å². The second-order valence-electron chi connectivity index (χ2n) is 6.71. The first-order chi connectivity index (χ1) is 13.1. The molecule has 0 saturated carbocycles. The van der Waals surface area contributed by atoms with Crippen LogP contribution in [-0.4, -0.2) is 49.5 Å². The Morgan fingerprint density at radius 3 is 2.61 bits per heavy atom. The highest BCUT2D eigenvalue weighted by atomic mass is 35.5. The summed E-state index contributed by atoms with van der Waals surface area (Å²) in [6.07, 6.45) is 2.19. The Hall–Kier alpha value is -1.97. The van der Waals surface area contributed by atoms with E-state index in [9.17, 15) is 22.8 Å². The van der Waals surface area contributed by atoms with Gasteiger partial charge in [0.15, 0.2) is 5.78 Å². The molecule has 1 aromatic rings. The Morgan fingerprint density at radius 2 is 2.00 bits per heavy atom. The summed E-state index contributed by atoms with van der Waals surface area (Å²) >= 11 is 5.80. The van der Waals surface area contributed by atoms with Crippen molar-refractivity contribution in [2.75, 3.05) is 13.1 Å². The van der Waals surface area contributed by atoms with Gasteiger partial charge in [0, 0.05) is 17.5 Å². The van der Waals surface area contributed by atoms with Gasteiger partial charge in [-0.3, -0.25) is 14.4 Å². The van der Waals surface area contributed by atoms with Crippen molar-refractivity contribution in [2.45, 2.75) is 37.1 Å². The SMILES string of the molecule is CC(C[CH]C(=O)N[C@H]1CCCN(S(=O)(=O)c2ccc(Cl)cc2)CC1=O)C(N)=O. The Kier molecular flexibility index (Phi) is 7.56. The zero-order valence-electron chi connectivity index (χ0n) is 15.4. The Morgan fingerprint density at radius 1 is 1.36 bits per heavy atom. The van der Waals surface area contributed by atoms with Gasteiger partial charge in [0.2, 0.25) is 21.8 Å². The molecule has 0 aliphatic carbocycles. The number of nitrogens with one attached hydrogen (secondary N) is 1. The maximum atomic E-state index is 12.8. The van der Waals surface area contributed by atoms with Crippen LogP contribution in [0.3, 0.4) is 0 Å². The normalized spacial score (nSPS) is 19.6. The highest BCUT2D eigenvalue weighted by Gasteiger charge is 2.32. The van der Waals surface area contributed by atoms with Crippen molar-refractivity contribution in [3.8, 4) is 0 Å². The third kappa shape index (κ3) is 5.76. The fourth-order valence-electron chi connectivity index (χ4n) is 2.74. The standard InChI is InChI=1S/C18H23ClN3O5S/c1-12(18(20)25)4-9-17(24)21-15-3-2-10-22(11-16(15)23)28(26,27)14-7-5-13(19)6-8-14/h5-9,12,15H,2-4,10-11H2,1H3,(H2,20,25)(H,21,24)/t12?,15-/m0/s1. The van der Waals surface area contributed by atoms with E-state index >= 15 is 0 Å². The van der Waals surface area contributed by atoms with Crippen LogP contribution in [0.15, 0.2) is 29.2 Å². The van der Waals surface area contributed by atoms with Gasteiger partial charge in [-0.2, -0.15) is 4.31 Å². The summed E-state index contributed by atoms with van der Waals surface area (Å²) in [6, 6.07) is 4.94. The van der Waals surface area contributed by atoms with Gasteiger partial charge < -0.3 is 11.1 Å². The molecule has 2 atom stereocenters. The van der Waals surface area contributed by atoms with Gasteiger partial charge in [-0.15, -0.1) is 0 Å². The minimum atomic E-state index is -3.84. The Balaban J connectivity index is 2.00. The Bertz CT molecular complexity index is 841. The summed E-state index contributed by atoms with van der Waals surface area (Å²) in [5, 5.41) is 3.00. The molecule has 28 heavy (non-hydrogen) atoms. The van der Waals surface area contributed by atoms with E-state index in [0.29, 0.717) is 17.9 Å². The number of primary amides is 1. The van der Waals surface area contributed by atoms with Gasteiger partial charge in [0.1, 0.15) is 0 Å². The molecule has 0 bridgehead atoms. The molecule has 1 aliphatic rings. The molecule has 1 unspecified atom stereocenters. The number of nitrogens with two attached hydrogens (primary N) is 1. The number of hydrogen-bond acceptors (Lipinski definition) is 5. The van der Waals surface area contributed by atoms with Crippen LogP contribution in [0.25, 0.3) is 0 Å². The number of carbonyl (C=O) groups is 3. The smallest absolute Gasteiger partial charge is 0.243 e. The van der Waals surface area contributed by atoms with Gasteiger partial charge >= 0.3 is 0 Å². The first-order valence-corrected chi connectivity index (χ1v) is 10.6. The number of nitrogens with zero attached hydrogens (tertiary/aromatic N) is 1. The zero-order valence-corrected chi connectivity index (χ0v) is 17.0. The van der Waals surface area contributed by atoms with E-state index in [1.54, 1.807) is 6.92 Å². The number of ketones is 1. The molecule has 1 aromatic carbocycles. The van der Waals surface area contributed by atoms with E-state index in [0.717, 1.165) is 4.31 Å². The van der Waals surface area contributed by atoms with Gasteiger partial charge in [-0.1, -0.05) is 18.5 Å². The first kappa shape index (κ1) is 22.3. The largest absolute Gasteiger partial charge is 0.369 e. The molecule has 1 aliphatic heterocycles. The van der Waals surface area contributed by atoms with Gasteiger partial charge in [0.25, 0.3) is 0 Å². The molecule has 2 rings (SSSR count). The molecular weight excluding hydrogens is 406 g/mol. The maximum absolute atomic E-state index is 12.8. The highest BCUT2D eigenvalue weighted by Crippen LogP contribution is 2.21. The van der Waals surface area contributed by atoms with E-state index < -0.39 is 33.8 Å². The molecule has 2 amide bonds. The van der Waals surface area contributed by atoms with Gasteiger partial charge in [0.05, 0.1) is 23.9 Å². The fraction of sp³-hybridized carbons (Fsp3) is 0.444. The third-order valence-corrected chi connectivity index (χ3v) is 6.64. The molecule has 0 aromatic heterocycles. The van der Waals surface area contributed by atoms with E-state index in [2.05, 4.69) is 5.32 Å². The predicted octanol–water partition coefficient (Wildman–Crippen LogP) is 0.894. The summed E-state index contributed by atoms with van der Waals surface area (Å²) in [5.41, 5.74) is 5.15. The fourth-order valence-corrected chi connectivity index (χ4v) is 4.31. The van der Waals surface area contributed by atoms with Crippen LogP contribution in [0.5, 0.6) is 0 Å². The van der Waals surface area contributed by atoms with Crippen molar-refractivity contribution in [1.29, 1.82) is 0 Å². The number of Topliss-reactive ketones (excluding diaryl/α,β-unsaturated/α-hetero) is 1. The average molecular weight is 429 g/mol. The van der Waals surface area contributed by atoms with Crippen molar-refractivity contribution >= 4 is 39.2 Å². The van der Waals surface area contributed by atoms with Crippen LogP contribution in [0.2, 0.25) is 5.02 Å². The summed E-state index contributed by atoms with van der Waals surface area (Å²) in [5.74, 6) is -1.88. The van der Waals surface area contributed by atoms with Crippen LogP contribution < -0.4 is 11.1 Å². The van der Waals surface area contributed by atoms with E-state index in [1.807, 2.05) is 0 Å². The number of halogens is 1. The second-order valence-corrected chi connectivity index (χ2v) is 9.08. The van der Waals surface area contributed by atoms with Crippen molar-refractivity contribution in [3.05, 3.63) is 35.7 Å².